The number of ether oxygens (including phenoxy) is 1. The lowest BCUT2D eigenvalue weighted by Crippen LogP contribution is -2.43. The van der Waals surface area contributed by atoms with Crippen molar-refractivity contribution >= 4 is 37.5 Å². The molecule has 0 aromatic heterocycles. The molecule has 1 fully saturated rings. The number of benzene rings is 1. The molecule has 1 aliphatic heterocycles. The van der Waals surface area contributed by atoms with Crippen LogP contribution in [0.25, 0.3) is 0 Å². The van der Waals surface area contributed by atoms with E-state index in [-0.39, 0.29) is 0 Å². The topological polar surface area (TPSA) is 12.5 Å². The Bertz CT molecular complexity index is 411. The van der Waals surface area contributed by atoms with Crippen molar-refractivity contribution in [1.29, 1.82) is 0 Å². The zero-order valence-corrected chi connectivity index (χ0v) is 14.0. The summed E-state index contributed by atoms with van der Waals surface area (Å²) in [5.41, 5.74) is 2.68. The first-order chi connectivity index (χ1) is 8.65. The van der Waals surface area contributed by atoms with Gasteiger partial charge in [-0.2, -0.15) is 0 Å². The molecule has 0 N–H and O–H groups in total. The van der Waals surface area contributed by atoms with Crippen molar-refractivity contribution in [3.05, 3.63) is 28.2 Å². The molecule has 2 atom stereocenters. The quantitative estimate of drug-likeness (QED) is 0.727. The minimum Gasteiger partial charge on any atom is -0.381 e. The van der Waals surface area contributed by atoms with Gasteiger partial charge in [-0.1, -0.05) is 31.9 Å². The average Bonchev–Trinajstić information content (AvgIpc) is 2.39. The molecule has 1 aromatic rings. The second kappa shape index (κ2) is 6.40. The molecule has 1 heterocycles. The summed E-state index contributed by atoms with van der Waals surface area (Å²) in [5, 5.41) is 0.888. The molecule has 2 unspecified atom stereocenters. The van der Waals surface area contributed by atoms with Crippen LogP contribution in [0.2, 0.25) is 0 Å². The highest BCUT2D eigenvalue weighted by atomic mass is 79.9. The lowest BCUT2D eigenvalue weighted by Gasteiger charge is -2.39. The molecule has 1 saturated heterocycles. The van der Waals surface area contributed by atoms with Crippen molar-refractivity contribution in [1.82, 2.24) is 0 Å². The minimum absolute atomic E-state index is 0.416. The van der Waals surface area contributed by atoms with E-state index in [1.807, 2.05) is 7.11 Å². The maximum atomic E-state index is 5.48. The van der Waals surface area contributed by atoms with Crippen LogP contribution in [0, 0.1) is 0 Å². The fourth-order valence-corrected chi connectivity index (χ4v) is 3.50. The molecule has 100 valence electrons. The lowest BCUT2D eigenvalue weighted by molar-refractivity contribution is 0.0721. The number of rotatable bonds is 3. The first-order valence-electron chi connectivity index (χ1n) is 6.29. The van der Waals surface area contributed by atoms with Crippen LogP contribution in [0.1, 0.15) is 25.3 Å². The van der Waals surface area contributed by atoms with Crippen LogP contribution >= 0.6 is 31.9 Å². The summed E-state index contributed by atoms with van der Waals surface area (Å²) < 4.78 is 6.62. The predicted octanol–water partition coefficient (Wildman–Crippen LogP) is 4.35. The highest BCUT2D eigenvalue weighted by molar-refractivity contribution is 9.10. The third kappa shape index (κ3) is 3.09. The molecule has 1 aromatic carbocycles. The van der Waals surface area contributed by atoms with Gasteiger partial charge < -0.3 is 9.64 Å². The molecule has 0 amide bonds. The van der Waals surface area contributed by atoms with Gasteiger partial charge in [-0.15, -0.1) is 0 Å². The smallest absolute Gasteiger partial charge is 0.0607 e. The van der Waals surface area contributed by atoms with Crippen LogP contribution in [0.4, 0.5) is 5.69 Å². The fourth-order valence-electron chi connectivity index (χ4n) is 2.64. The molecular weight excluding hydrogens is 358 g/mol. The number of nitrogens with zero attached hydrogens (tertiary/aromatic N) is 1. The summed E-state index contributed by atoms with van der Waals surface area (Å²) in [5.74, 6) is 0. The molecule has 0 saturated carbocycles. The van der Waals surface area contributed by atoms with E-state index in [1.54, 1.807) is 0 Å². The minimum atomic E-state index is 0.416. The van der Waals surface area contributed by atoms with E-state index < -0.39 is 0 Å². The van der Waals surface area contributed by atoms with Gasteiger partial charge in [-0.3, -0.25) is 0 Å². The Labute approximate surface area is 126 Å². The molecule has 2 nitrogen and oxygen atoms in total. The molecule has 0 radical (unpaired) electrons. The molecule has 0 aliphatic carbocycles. The van der Waals surface area contributed by atoms with E-state index in [1.165, 1.54) is 11.3 Å². The second-order valence-corrected chi connectivity index (χ2v) is 6.31. The number of anilines is 1. The highest BCUT2D eigenvalue weighted by Gasteiger charge is 2.26. The Morgan fingerprint density at radius 2 is 2.22 bits per heavy atom. The van der Waals surface area contributed by atoms with Crippen LogP contribution in [-0.2, 0) is 10.1 Å². The summed E-state index contributed by atoms with van der Waals surface area (Å²) in [6.45, 7) is 3.35. The summed E-state index contributed by atoms with van der Waals surface area (Å²) >= 11 is 7.12. The summed E-state index contributed by atoms with van der Waals surface area (Å²) in [6, 6.07) is 7.06. The van der Waals surface area contributed by atoms with E-state index in [2.05, 4.69) is 61.9 Å². The van der Waals surface area contributed by atoms with Crippen LogP contribution in [0.5, 0.6) is 0 Å². The van der Waals surface area contributed by atoms with Crippen LogP contribution in [-0.4, -0.2) is 25.8 Å². The van der Waals surface area contributed by atoms with Crippen molar-refractivity contribution in [2.75, 3.05) is 18.6 Å². The van der Waals surface area contributed by atoms with E-state index >= 15 is 0 Å². The van der Waals surface area contributed by atoms with Gasteiger partial charge >= 0.3 is 0 Å². The number of methoxy groups -OCH3 is 1. The van der Waals surface area contributed by atoms with Gasteiger partial charge in [0.1, 0.15) is 0 Å². The van der Waals surface area contributed by atoms with Crippen molar-refractivity contribution in [3.8, 4) is 0 Å². The molecular formula is C14H19Br2NO. The van der Waals surface area contributed by atoms with E-state index in [0.29, 0.717) is 12.1 Å². The van der Waals surface area contributed by atoms with Crippen molar-refractivity contribution in [2.45, 2.75) is 37.2 Å². The van der Waals surface area contributed by atoms with Crippen molar-refractivity contribution < 1.29 is 4.74 Å². The average molecular weight is 377 g/mol. The third-order valence-corrected chi connectivity index (χ3v) is 4.75. The van der Waals surface area contributed by atoms with E-state index in [4.69, 9.17) is 4.74 Å². The van der Waals surface area contributed by atoms with Crippen LogP contribution in [0.3, 0.4) is 0 Å². The first-order valence-corrected chi connectivity index (χ1v) is 8.21. The van der Waals surface area contributed by atoms with Crippen LogP contribution < -0.4 is 4.90 Å². The van der Waals surface area contributed by atoms with Gasteiger partial charge in [0.25, 0.3) is 0 Å². The number of hydrogen-bond acceptors (Lipinski definition) is 2. The largest absolute Gasteiger partial charge is 0.381 e. The third-order valence-electron chi connectivity index (χ3n) is 3.66. The maximum absolute atomic E-state index is 5.48. The van der Waals surface area contributed by atoms with Gasteiger partial charge in [-0.05, 0) is 43.5 Å². The predicted molar refractivity (Wildman–Crippen MR) is 83.6 cm³/mol. The summed E-state index contributed by atoms with van der Waals surface area (Å²) in [6.07, 6.45) is 2.63. The van der Waals surface area contributed by atoms with Gasteiger partial charge in [0.15, 0.2) is 0 Å². The monoisotopic (exact) mass is 375 g/mol. The number of halogens is 2. The van der Waals surface area contributed by atoms with Gasteiger partial charge in [0.05, 0.1) is 6.10 Å². The SMILES string of the molecule is COC1CCN(c2ccc(Br)cc2CBr)C(C)C1. The molecule has 0 bridgehead atoms. The molecule has 4 heteroatoms. The lowest BCUT2D eigenvalue weighted by atomic mass is 9.99. The van der Waals surface area contributed by atoms with Gasteiger partial charge in [0, 0.05) is 35.2 Å². The number of hydrogen-bond donors (Lipinski definition) is 0. The standard InChI is InChI=1S/C14H19Br2NO/c1-10-7-13(18-2)5-6-17(10)14-4-3-12(16)8-11(14)9-15/h3-4,8,10,13H,5-7,9H2,1-2H3. The summed E-state index contributed by atoms with van der Waals surface area (Å²) in [7, 11) is 1.82. The summed E-state index contributed by atoms with van der Waals surface area (Å²) in [4.78, 5) is 2.50. The zero-order chi connectivity index (χ0) is 13.1. The Morgan fingerprint density at radius 3 is 2.83 bits per heavy atom. The molecule has 1 aliphatic rings. The Hall–Kier alpha value is -0.0600. The van der Waals surface area contributed by atoms with E-state index in [0.717, 1.165) is 29.2 Å². The molecule has 2 rings (SSSR count). The van der Waals surface area contributed by atoms with Gasteiger partial charge in [-0.25, -0.2) is 0 Å². The van der Waals surface area contributed by atoms with E-state index in [9.17, 15) is 0 Å². The second-order valence-electron chi connectivity index (χ2n) is 4.83. The zero-order valence-electron chi connectivity index (χ0n) is 10.8. The molecule has 0 spiro atoms. The molecule has 18 heavy (non-hydrogen) atoms. The Morgan fingerprint density at radius 1 is 1.44 bits per heavy atom. The first kappa shape index (κ1) is 14.4. The Kier molecular flexibility index (Phi) is 5.10. The van der Waals surface area contributed by atoms with Crippen molar-refractivity contribution in [2.24, 2.45) is 0 Å². The Balaban J connectivity index is 2.21. The maximum Gasteiger partial charge on any atom is 0.0607 e. The van der Waals surface area contributed by atoms with Crippen LogP contribution in [0.15, 0.2) is 22.7 Å². The highest BCUT2D eigenvalue weighted by Crippen LogP contribution is 2.31. The fraction of sp³-hybridized carbons (Fsp3) is 0.571. The number of piperidine rings is 1. The number of alkyl halides is 1. The normalized spacial score (nSPS) is 24.3. The van der Waals surface area contributed by atoms with Crippen molar-refractivity contribution in [3.63, 3.8) is 0 Å². The van der Waals surface area contributed by atoms with Gasteiger partial charge in [0.2, 0.25) is 0 Å².